The Bertz CT molecular complexity index is 233. The summed E-state index contributed by atoms with van der Waals surface area (Å²) in [5.74, 6) is 0. The number of allylic oxidation sites excluding steroid dienone is 5. The Morgan fingerprint density at radius 2 is 1.86 bits per heavy atom. The minimum absolute atomic E-state index is 1.09. The maximum absolute atomic E-state index is 3.36. The van der Waals surface area contributed by atoms with Crippen LogP contribution in [0.5, 0.6) is 0 Å². The number of hydrogen-bond acceptors (Lipinski definition) is 2. The van der Waals surface area contributed by atoms with Crippen molar-refractivity contribution in [3.05, 3.63) is 36.1 Å². The van der Waals surface area contributed by atoms with E-state index in [0.717, 1.165) is 26.2 Å². The molecule has 0 aromatic heterocycles. The fourth-order valence-corrected chi connectivity index (χ4v) is 1.55. The van der Waals surface area contributed by atoms with Crippen LogP contribution in [-0.4, -0.2) is 31.1 Å². The lowest BCUT2D eigenvalue weighted by molar-refractivity contribution is 0.307. The lowest BCUT2D eigenvalue weighted by Crippen LogP contribution is -2.42. The van der Waals surface area contributed by atoms with Crippen molar-refractivity contribution in [3.8, 4) is 0 Å². The van der Waals surface area contributed by atoms with Crippen LogP contribution >= 0.6 is 0 Å². The summed E-state index contributed by atoms with van der Waals surface area (Å²) in [7, 11) is 0. The third-order valence-corrected chi connectivity index (χ3v) is 2.28. The second kappa shape index (κ2) is 6.44. The third-order valence-electron chi connectivity index (χ3n) is 2.28. The van der Waals surface area contributed by atoms with Crippen LogP contribution < -0.4 is 5.32 Å². The second-order valence-electron chi connectivity index (χ2n) is 3.35. The average Bonchev–Trinajstić information content (AvgIpc) is 2.25. The van der Waals surface area contributed by atoms with Gasteiger partial charge in [0.15, 0.2) is 0 Å². The maximum atomic E-state index is 3.36. The number of nitrogens with zero attached hydrogens (tertiary/aromatic N) is 1. The largest absolute Gasteiger partial charge is 0.369 e. The first-order valence-corrected chi connectivity index (χ1v) is 5.30. The van der Waals surface area contributed by atoms with Crippen LogP contribution in [0.3, 0.4) is 0 Å². The Balaban J connectivity index is 2.65. The zero-order valence-electron chi connectivity index (χ0n) is 9.16. The third kappa shape index (κ3) is 3.38. The molecule has 1 aliphatic heterocycles. The summed E-state index contributed by atoms with van der Waals surface area (Å²) in [6.07, 6.45) is 10.6. The summed E-state index contributed by atoms with van der Waals surface area (Å²) < 4.78 is 0. The number of hydrogen-bond donors (Lipinski definition) is 1. The van der Waals surface area contributed by atoms with Gasteiger partial charge in [-0.05, 0) is 26.0 Å². The SMILES string of the molecule is C\C=C/C=C(\C=C/C)N1CCNCC1. The van der Waals surface area contributed by atoms with Crippen LogP contribution in [-0.2, 0) is 0 Å². The van der Waals surface area contributed by atoms with Gasteiger partial charge in [-0.2, -0.15) is 0 Å². The Morgan fingerprint density at radius 3 is 2.43 bits per heavy atom. The fourth-order valence-electron chi connectivity index (χ4n) is 1.55. The first kappa shape index (κ1) is 11.1. The number of nitrogens with one attached hydrogen (secondary N) is 1. The first-order valence-electron chi connectivity index (χ1n) is 5.30. The van der Waals surface area contributed by atoms with Gasteiger partial charge in [-0.25, -0.2) is 0 Å². The Hall–Kier alpha value is -1.02. The van der Waals surface area contributed by atoms with Crippen LogP contribution in [0.1, 0.15) is 13.8 Å². The van der Waals surface area contributed by atoms with Crippen LogP contribution in [0.2, 0.25) is 0 Å². The van der Waals surface area contributed by atoms with Crippen molar-refractivity contribution < 1.29 is 0 Å². The van der Waals surface area contributed by atoms with E-state index >= 15 is 0 Å². The predicted octanol–water partition coefficient (Wildman–Crippen LogP) is 1.93. The topological polar surface area (TPSA) is 15.3 Å². The Labute approximate surface area is 87.0 Å². The van der Waals surface area contributed by atoms with Crippen molar-refractivity contribution in [3.63, 3.8) is 0 Å². The summed E-state index contributed by atoms with van der Waals surface area (Å²) in [5, 5.41) is 3.36. The molecule has 0 spiro atoms. The summed E-state index contributed by atoms with van der Waals surface area (Å²) in [6.45, 7) is 8.49. The van der Waals surface area contributed by atoms with Crippen molar-refractivity contribution in [1.82, 2.24) is 10.2 Å². The molecule has 78 valence electrons. The number of rotatable bonds is 3. The second-order valence-corrected chi connectivity index (χ2v) is 3.35. The van der Waals surface area contributed by atoms with Gasteiger partial charge in [0, 0.05) is 31.9 Å². The lowest BCUT2D eigenvalue weighted by atomic mass is 10.2. The van der Waals surface area contributed by atoms with E-state index in [1.54, 1.807) is 0 Å². The van der Waals surface area contributed by atoms with Crippen LogP contribution in [0.15, 0.2) is 36.1 Å². The molecule has 1 rings (SSSR count). The molecule has 0 radical (unpaired) electrons. The summed E-state index contributed by atoms with van der Waals surface area (Å²) >= 11 is 0. The predicted molar refractivity (Wildman–Crippen MR) is 62.2 cm³/mol. The molecule has 1 fully saturated rings. The summed E-state index contributed by atoms with van der Waals surface area (Å²) in [5.41, 5.74) is 1.31. The molecule has 0 aromatic rings. The first-order chi connectivity index (χ1) is 6.88. The molecule has 1 heterocycles. The van der Waals surface area contributed by atoms with Crippen molar-refractivity contribution in [2.24, 2.45) is 0 Å². The minimum Gasteiger partial charge on any atom is -0.369 e. The summed E-state index contributed by atoms with van der Waals surface area (Å²) in [4.78, 5) is 2.41. The normalized spacial score (nSPS) is 19.9. The van der Waals surface area contributed by atoms with Gasteiger partial charge in [0.25, 0.3) is 0 Å². The highest BCUT2D eigenvalue weighted by Crippen LogP contribution is 2.07. The molecule has 14 heavy (non-hydrogen) atoms. The van der Waals surface area contributed by atoms with E-state index in [0.29, 0.717) is 0 Å². The van der Waals surface area contributed by atoms with E-state index in [-0.39, 0.29) is 0 Å². The maximum Gasteiger partial charge on any atom is 0.0363 e. The van der Waals surface area contributed by atoms with E-state index in [2.05, 4.69) is 47.5 Å². The molecule has 0 unspecified atom stereocenters. The Kier molecular flexibility index (Phi) is 5.08. The average molecular weight is 192 g/mol. The standard InChI is InChI=1S/C12H20N2/c1-3-5-7-12(6-4-2)14-10-8-13-9-11-14/h3-7,13H,8-11H2,1-2H3/b5-3-,6-4-,12-7+. The van der Waals surface area contributed by atoms with Crippen LogP contribution in [0.4, 0.5) is 0 Å². The fraction of sp³-hybridized carbons (Fsp3) is 0.500. The zero-order valence-corrected chi connectivity index (χ0v) is 9.16. The van der Waals surface area contributed by atoms with Gasteiger partial charge in [-0.1, -0.05) is 18.2 Å². The molecule has 0 aromatic carbocycles. The van der Waals surface area contributed by atoms with Gasteiger partial charge in [0.05, 0.1) is 0 Å². The van der Waals surface area contributed by atoms with E-state index in [4.69, 9.17) is 0 Å². The highest BCUT2D eigenvalue weighted by molar-refractivity contribution is 5.22. The molecule has 0 bridgehead atoms. The van der Waals surface area contributed by atoms with Gasteiger partial charge < -0.3 is 10.2 Å². The highest BCUT2D eigenvalue weighted by atomic mass is 15.2. The molecule has 1 saturated heterocycles. The van der Waals surface area contributed by atoms with E-state index < -0.39 is 0 Å². The van der Waals surface area contributed by atoms with Gasteiger partial charge in [0.1, 0.15) is 0 Å². The smallest absolute Gasteiger partial charge is 0.0363 e. The van der Waals surface area contributed by atoms with Gasteiger partial charge in [-0.15, -0.1) is 0 Å². The molecular weight excluding hydrogens is 172 g/mol. The van der Waals surface area contributed by atoms with Crippen molar-refractivity contribution in [2.75, 3.05) is 26.2 Å². The van der Waals surface area contributed by atoms with Gasteiger partial charge in [-0.3, -0.25) is 0 Å². The van der Waals surface area contributed by atoms with Crippen LogP contribution in [0, 0.1) is 0 Å². The zero-order chi connectivity index (χ0) is 10.2. The molecule has 0 amide bonds. The lowest BCUT2D eigenvalue weighted by Gasteiger charge is -2.30. The van der Waals surface area contributed by atoms with Gasteiger partial charge in [0.2, 0.25) is 0 Å². The van der Waals surface area contributed by atoms with Crippen molar-refractivity contribution >= 4 is 0 Å². The number of piperazine rings is 1. The quantitative estimate of drug-likeness (QED) is 0.687. The van der Waals surface area contributed by atoms with E-state index in [1.165, 1.54) is 5.70 Å². The highest BCUT2D eigenvalue weighted by Gasteiger charge is 2.09. The molecule has 1 aliphatic rings. The molecule has 2 nitrogen and oxygen atoms in total. The molecular formula is C12H20N2. The minimum atomic E-state index is 1.09. The molecule has 0 atom stereocenters. The summed E-state index contributed by atoms with van der Waals surface area (Å²) in [6, 6.07) is 0. The van der Waals surface area contributed by atoms with E-state index in [1.807, 2.05) is 6.92 Å². The van der Waals surface area contributed by atoms with Crippen molar-refractivity contribution in [1.29, 1.82) is 0 Å². The molecule has 2 heteroatoms. The van der Waals surface area contributed by atoms with Crippen LogP contribution in [0.25, 0.3) is 0 Å². The van der Waals surface area contributed by atoms with E-state index in [9.17, 15) is 0 Å². The monoisotopic (exact) mass is 192 g/mol. The molecule has 0 saturated carbocycles. The van der Waals surface area contributed by atoms with Crippen molar-refractivity contribution in [2.45, 2.75) is 13.8 Å². The molecule has 1 N–H and O–H groups in total. The molecule has 0 aliphatic carbocycles. The Morgan fingerprint density at radius 1 is 1.14 bits per heavy atom. The van der Waals surface area contributed by atoms with Gasteiger partial charge >= 0.3 is 0 Å².